The first kappa shape index (κ1) is 11.8. The lowest BCUT2D eigenvalue weighted by atomic mass is 9.87. The summed E-state index contributed by atoms with van der Waals surface area (Å²) in [4.78, 5) is 11.2. The molecule has 0 amide bonds. The lowest BCUT2D eigenvalue weighted by Crippen LogP contribution is -2.33. The maximum atomic E-state index is 11.2. The minimum atomic E-state index is -0.326. The third-order valence-corrected chi connectivity index (χ3v) is 3.90. The third kappa shape index (κ3) is 2.21. The fourth-order valence-electron chi connectivity index (χ4n) is 2.91. The maximum absolute atomic E-state index is 11.2. The highest BCUT2D eigenvalue weighted by Crippen LogP contribution is 2.43. The summed E-state index contributed by atoms with van der Waals surface area (Å²) in [6.45, 7) is 2.01. The molecule has 1 saturated carbocycles. The number of fused-ring (bicyclic) bond motifs is 1. The Balaban J connectivity index is 1.90. The zero-order valence-electron chi connectivity index (χ0n) is 9.56. The number of nitrogens with one attached hydrogen (secondary N) is 1. The molecule has 2 unspecified atom stereocenters. The lowest BCUT2D eigenvalue weighted by molar-refractivity contribution is -0.141. The van der Waals surface area contributed by atoms with Crippen LogP contribution in [0.1, 0.15) is 32.6 Å². The van der Waals surface area contributed by atoms with Gasteiger partial charge in [0.1, 0.15) is 6.10 Å². The van der Waals surface area contributed by atoms with Crippen molar-refractivity contribution < 1.29 is 14.6 Å². The molecule has 1 saturated heterocycles. The highest BCUT2D eigenvalue weighted by molar-refractivity contribution is 5.72. The van der Waals surface area contributed by atoms with E-state index >= 15 is 0 Å². The predicted molar refractivity (Wildman–Crippen MR) is 58.1 cm³/mol. The van der Waals surface area contributed by atoms with E-state index in [1.165, 1.54) is 0 Å². The van der Waals surface area contributed by atoms with Gasteiger partial charge in [-0.2, -0.15) is 0 Å². The largest absolute Gasteiger partial charge is 0.462 e. The topological polar surface area (TPSA) is 84.6 Å². The molecule has 1 aliphatic heterocycles. The summed E-state index contributed by atoms with van der Waals surface area (Å²) in [5.41, 5.74) is 2.69. The van der Waals surface area contributed by atoms with Crippen LogP contribution in [0.15, 0.2) is 0 Å². The van der Waals surface area contributed by atoms with Gasteiger partial charge in [-0.25, -0.2) is 0 Å². The Hall–Kier alpha value is -0.650. The Bertz CT molecular complexity index is 272. The average Bonchev–Trinajstić information content (AvgIpc) is 2.71. The van der Waals surface area contributed by atoms with Gasteiger partial charge in [-0.1, -0.05) is 0 Å². The molecular formula is C11H20N2O3. The molecule has 2 fully saturated rings. The van der Waals surface area contributed by atoms with E-state index in [9.17, 15) is 9.90 Å². The van der Waals surface area contributed by atoms with Crippen LogP contribution in [0.3, 0.4) is 0 Å². The number of esters is 1. The van der Waals surface area contributed by atoms with Crippen molar-refractivity contribution in [3.05, 3.63) is 0 Å². The van der Waals surface area contributed by atoms with Crippen LogP contribution in [0.5, 0.6) is 0 Å². The molecule has 4 N–H and O–H groups in total. The molecule has 1 aliphatic carbocycles. The Kier molecular flexibility index (Phi) is 3.47. The molecule has 92 valence electrons. The van der Waals surface area contributed by atoms with E-state index in [0.29, 0.717) is 12.8 Å². The van der Waals surface area contributed by atoms with E-state index in [-0.39, 0.29) is 36.1 Å². The standard InChI is InChI=1S/C11H20N2O3/c1-6(13-12)2-3-7-8-4-11(15)16-10(8)5-9(7)14/h6-10,13-14H,2-5,12H2,1H3/t6?,7?,8-,9-,10+/m1/s1. The van der Waals surface area contributed by atoms with Crippen LogP contribution >= 0.6 is 0 Å². The van der Waals surface area contributed by atoms with Crippen LogP contribution in [0, 0.1) is 11.8 Å². The highest BCUT2D eigenvalue weighted by Gasteiger charge is 2.49. The summed E-state index contributed by atoms with van der Waals surface area (Å²) in [7, 11) is 0. The van der Waals surface area contributed by atoms with Gasteiger partial charge < -0.3 is 9.84 Å². The van der Waals surface area contributed by atoms with E-state index < -0.39 is 0 Å². The van der Waals surface area contributed by atoms with Crippen molar-refractivity contribution in [2.24, 2.45) is 17.7 Å². The first-order valence-corrected chi connectivity index (χ1v) is 5.95. The molecule has 0 bridgehead atoms. The Labute approximate surface area is 95.3 Å². The molecule has 2 aliphatic rings. The Morgan fingerprint density at radius 3 is 3.12 bits per heavy atom. The summed E-state index contributed by atoms with van der Waals surface area (Å²) in [5, 5.41) is 9.92. The van der Waals surface area contributed by atoms with Crippen molar-refractivity contribution in [2.45, 2.75) is 50.9 Å². The summed E-state index contributed by atoms with van der Waals surface area (Å²) >= 11 is 0. The molecule has 16 heavy (non-hydrogen) atoms. The van der Waals surface area contributed by atoms with Crippen molar-refractivity contribution in [3.8, 4) is 0 Å². The van der Waals surface area contributed by atoms with E-state index in [4.69, 9.17) is 10.6 Å². The Morgan fingerprint density at radius 1 is 1.69 bits per heavy atom. The van der Waals surface area contributed by atoms with Crippen LogP contribution in [0.25, 0.3) is 0 Å². The molecule has 5 heteroatoms. The molecule has 0 aromatic carbocycles. The maximum Gasteiger partial charge on any atom is 0.306 e. The molecule has 5 atom stereocenters. The van der Waals surface area contributed by atoms with Crippen LogP contribution in [0.2, 0.25) is 0 Å². The van der Waals surface area contributed by atoms with Crippen molar-refractivity contribution in [2.75, 3.05) is 0 Å². The molecule has 0 radical (unpaired) electrons. The fraction of sp³-hybridized carbons (Fsp3) is 0.909. The first-order chi connectivity index (χ1) is 7.61. The van der Waals surface area contributed by atoms with Gasteiger partial charge in [-0.15, -0.1) is 0 Å². The minimum absolute atomic E-state index is 0.0476. The van der Waals surface area contributed by atoms with Crippen molar-refractivity contribution >= 4 is 5.97 Å². The smallest absolute Gasteiger partial charge is 0.306 e. The number of hydrogen-bond donors (Lipinski definition) is 3. The molecule has 0 aromatic heterocycles. The van der Waals surface area contributed by atoms with Crippen LogP contribution in [-0.2, 0) is 9.53 Å². The zero-order valence-corrected chi connectivity index (χ0v) is 9.56. The summed E-state index contributed by atoms with van der Waals surface area (Å²) in [5.74, 6) is 5.62. The summed E-state index contributed by atoms with van der Waals surface area (Å²) < 4.78 is 5.18. The summed E-state index contributed by atoms with van der Waals surface area (Å²) in [6, 6.07) is 0.240. The molecule has 0 spiro atoms. The first-order valence-electron chi connectivity index (χ1n) is 5.95. The molecule has 1 heterocycles. The van der Waals surface area contributed by atoms with Gasteiger partial charge in [0.25, 0.3) is 0 Å². The van der Waals surface area contributed by atoms with Crippen molar-refractivity contribution in [3.63, 3.8) is 0 Å². The Morgan fingerprint density at radius 2 is 2.44 bits per heavy atom. The number of aliphatic hydroxyl groups is 1. The lowest BCUT2D eigenvalue weighted by Gasteiger charge is -2.20. The number of aliphatic hydroxyl groups excluding tert-OH is 1. The van der Waals surface area contributed by atoms with Gasteiger partial charge in [0, 0.05) is 18.4 Å². The van der Waals surface area contributed by atoms with Gasteiger partial charge >= 0.3 is 5.97 Å². The number of rotatable bonds is 4. The number of hydrazine groups is 1. The van der Waals surface area contributed by atoms with Gasteiger partial charge in [-0.05, 0) is 25.7 Å². The van der Waals surface area contributed by atoms with Gasteiger partial charge in [0.15, 0.2) is 0 Å². The second-order valence-corrected chi connectivity index (χ2v) is 5.01. The summed E-state index contributed by atoms with van der Waals surface area (Å²) in [6.07, 6.45) is 2.50. The zero-order chi connectivity index (χ0) is 11.7. The monoisotopic (exact) mass is 228 g/mol. The van der Waals surface area contributed by atoms with Crippen LogP contribution < -0.4 is 11.3 Å². The quantitative estimate of drug-likeness (QED) is 0.356. The highest BCUT2D eigenvalue weighted by atomic mass is 16.6. The number of carbonyl (C=O) groups excluding carboxylic acids is 1. The number of ether oxygens (including phenoxy) is 1. The predicted octanol–water partition coefficient (Wildman–Crippen LogP) is -0.0691. The molecule has 5 nitrogen and oxygen atoms in total. The average molecular weight is 228 g/mol. The van der Waals surface area contributed by atoms with Crippen LogP contribution in [0.4, 0.5) is 0 Å². The van der Waals surface area contributed by atoms with Gasteiger partial charge in [0.05, 0.1) is 12.5 Å². The number of hydrogen-bond acceptors (Lipinski definition) is 5. The van der Waals surface area contributed by atoms with Crippen LogP contribution in [-0.4, -0.2) is 29.3 Å². The van der Waals surface area contributed by atoms with E-state index in [1.54, 1.807) is 0 Å². The SMILES string of the molecule is CC(CCC1[C@H](O)C[C@@H]2OC(=O)C[C@H]12)NN. The number of carbonyl (C=O) groups is 1. The molecular weight excluding hydrogens is 208 g/mol. The van der Waals surface area contributed by atoms with Gasteiger partial charge in [0.2, 0.25) is 0 Å². The molecule has 2 rings (SSSR count). The second kappa shape index (κ2) is 4.69. The fourth-order valence-corrected chi connectivity index (χ4v) is 2.91. The van der Waals surface area contributed by atoms with Crippen molar-refractivity contribution in [1.29, 1.82) is 0 Å². The van der Waals surface area contributed by atoms with E-state index in [0.717, 1.165) is 12.8 Å². The van der Waals surface area contributed by atoms with Gasteiger partial charge in [-0.3, -0.25) is 16.1 Å². The molecule has 0 aromatic rings. The second-order valence-electron chi connectivity index (χ2n) is 5.01. The van der Waals surface area contributed by atoms with E-state index in [1.807, 2.05) is 6.92 Å². The van der Waals surface area contributed by atoms with Crippen molar-refractivity contribution in [1.82, 2.24) is 5.43 Å². The third-order valence-electron chi connectivity index (χ3n) is 3.90. The normalized spacial score (nSPS) is 39.6. The minimum Gasteiger partial charge on any atom is -0.462 e. The number of nitrogens with two attached hydrogens (primary N) is 1. The van der Waals surface area contributed by atoms with E-state index in [2.05, 4.69) is 5.43 Å².